The highest BCUT2D eigenvalue weighted by molar-refractivity contribution is 7.47. The number of allylic oxidation sites excluding steroid dienone is 1. The van der Waals surface area contributed by atoms with Crippen LogP contribution in [-0.2, 0) is 18.4 Å². The number of unbranched alkanes of at least 4 members (excludes halogenated alkanes) is 25. The Labute approximate surface area is 290 Å². The van der Waals surface area contributed by atoms with Crippen molar-refractivity contribution in [3.8, 4) is 0 Å². The third kappa shape index (κ3) is 33.5. The first-order valence-corrected chi connectivity index (χ1v) is 21.3. The number of nitrogens with one attached hydrogen (secondary N) is 1. The Morgan fingerprint density at radius 1 is 0.681 bits per heavy atom. The second kappa shape index (κ2) is 35.1. The van der Waals surface area contributed by atoms with Gasteiger partial charge in [0.05, 0.1) is 25.4 Å². The Morgan fingerprint density at radius 2 is 1.09 bits per heavy atom. The van der Waals surface area contributed by atoms with Crippen molar-refractivity contribution in [2.45, 2.75) is 206 Å². The first-order valence-electron chi connectivity index (χ1n) is 19.8. The third-order valence-electron chi connectivity index (χ3n) is 8.86. The van der Waals surface area contributed by atoms with Gasteiger partial charge in [-0.3, -0.25) is 13.8 Å². The summed E-state index contributed by atoms with van der Waals surface area (Å²) in [5, 5.41) is 13.6. The number of nitrogens with two attached hydrogens (primary N) is 1. The normalized spacial score (nSPS) is 14.4. The third-order valence-corrected chi connectivity index (χ3v) is 9.85. The molecule has 0 fully saturated rings. The van der Waals surface area contributed by atoms with E-state index in [9.17, 15) is 19.4 Å². The number of aliphatic hydroxyl groups excluding tert-OH is 1. The molecule has 0 bridgehead atoms. The molecular formula is C38H77N2O6P. The zero-order valence-corrected chi connectivity index (χ0v) is 31.7. The molecule has 280 valence electrons. The summed E-state index contributed by atoms with van der Waals surface area (Å²) >= 11 is 0. The highest BCUT2D eigenvalue weighted by Crippen LogP contribution is 2.43. The van der Waals surface area contributed by atoms with Crippen molar-refractivity contribution in [3.63, 3.8) is 0 Å². The topological polar surface area (TPSA) is 131 Å². The SMILES string of the molecule is CCCCCCCCCCCCC/C=C\C(O)C(COP(=O)(O)OCCN)NC(=O)CCCCCCCCCCCCCCCCC. The quantitative estimate of drug-likeness (QED) is 0.0290. The molecule has 5 N–H and O–H groups in total. The molecule has 0 spiro atoms. The molecule has 3 unspecified atom stereocenters. The molecule has 1 amide bonds. The van der Waals surface area contributed by atoms with Crippen molar-refractivity contribution in [3.05, 3.63) is 12.2 Å². The Bertz CT molecular complexity index is 754. The van der Waals surface area contributed by atoms with Crippen molar-refractivity contribution >= 4 is 13.7 Å². The van der Waals surface area contributed by atoms with Gasteiger partial charge in [0.15, 0.2) is 0 Å². The minimum atomic E-state index is -4.33. The molecule has 0 aliphatic rings. The number of carbonyl (C=O) groups is 1. The lowest BCUT2D eigenvalue weighted by Crippen LogP contribution is -2.45. The second-order valence-corrected chi connectivity index (χ2v) is 15.0. The maximum Gasteiger partial charge on any atom is 0.472 e. The lowest BCUT2D eigenvalue weighted by atomic mass is 10.0. The molecule has 0 aromatic heterocycles. The van der Waals surface area contributed by atoms with E-state index in [4.69, 9.17) is 14.8 Å². The van der Waals surface area contributed by atoms with E-state index in [0.717, 1.165) is 38.5 Å². The summed E-state index contributed by atoms with van der Waals surface area (Å²) in [6.45, 7) is 4.13. The van der Waals surface area contributed by atoms with Crippen LogP contribution in [0.4, 0.5) is 0 Å². The number of phosphoric acid groups is 1. The lowest BCUT2D eigenvalue weighted by Gasteiger charge is -2.23. The van der Waals surface area contributed by atoms with Crippen LogP contribution in [0.25, 0.3) is 0 Å². The fourth-order valence-corrected chi connectivity index (χ4v) is 6.60. The fraction of sp³-hybridized carbons (Fsp3) is 0.921. The van der Waals surface area contributed by atoms with Crippen molar-refractivity contribution in [1.82, 2.24) is 5.32 Å². The van der Waals surface area contributed by atoms with E-state index in [0.29, 0.717) is 6.42 Å². The van der Waals surface area contributed by atoms with Crippen LogP contribution in [0.1, 0.15) is 194 Å². The standard InChI is InChI=1S/C38H77N2O6P/c1-3-5-7-9-11-13-15-17-18-20-22-24-26-28-30-32-38(42)40-36(35-46-47(43,44)45-34-33-39)37(41)31-29-27-25-23-21-19-16-14-12-10-8-6-4-2/h29,31,36-37,41H,3-28,30,32-35,39H2,1-2H3,(H,40,42)(H,43,44)/b31-29-. The van der Waals surface area contributed by atoms with Gasteiger partial charge >= 0.3 is 7.82 Å². The highest BCUT2D eigenvalue weighted by atomic mass is 31.2. The number of carbonyl (C=O) groups excluding carboxylic acids is 1. The van der Waals surface area contributed by atoms with E-state index in [1.807, 2.05) is 6.08 Å². The van der Waals surface area contributed by atoms with Crippen LogP contribution in [0.5, 0.6) is 0 Å². The number of rotatable bonds is 37. The van der Waals surface area contributed by atoms with Gasteiger partial charge in [-0.25, -0.2) is 4.57 Å². The number of phosphoric ester groups is 1. The summed E-state index contributed by atoms with van der Waals surface area (Å²) in [7, 11) is -4.33. The van der Waals surface area contributed by atoms with E-state index in [1.165, 1.54) is 135 Å². The molecule has 0 saturated heterocycles. The van der Waals surface area contributed by atoms with Crippen LogP contribution in [-0.4, -0.2) is 47.8 Å². The summed E-state index contributed by atoms with van der Waals surface area (Å²) < 4.78 is 22.0. The van der Waals surface area contributed by atoms with E-state index in [1.54, 1.807) is 6.08 Å². The fourth-order valence-electron chi connectivity index (χ4n) is 5.84. The number of amides is 1. The van der Waals surface area contributed by atoms with Crippen molar-refractivity contribution in [2.75, 3.05) is 19.8 Å². The summed E-state index contributed by atoms with van der Waals surface area (Å²) in [4.78, 5) is 22.6. The molecule has 0 saturated carbocycles. The van der Waals surface area contributed by atoms with Gasteiger partial charge in [0.25, 0.3) is 0 Å². The van der Waals surface area contributed by atoms with Crippen LogP contribution >= 0.6 is 7.82 Å². The molecule has 0 heterocycles. The minimum Gasteiger partial charge on any atom is -0.387 e. The van der Waals surface area contributed by atoms with Gasteiger partial charge in [-0.05, 0) is 19.3 Å². The molecule has 8 nitrogen and oxygen atoms in total. The molecule has 9 heteroatoms. The number of hydrogen-bond donors (Lipinski definition) is 4. The highest BCUT2D eigenvalue weighted by Gasteiger charge is 2.26. The Hall–Kier alpha value is -0.760. The van der Waals surface area contributed by atoms with Gasteiger partial charge in [-0.15, -0.1) is 0 Å². The molecule has 0 aliphatic carbocycles. The number of aliphatic hydroxyl groups is 1. The summed E-state index contributed by atoms with van der Waals surface area (Å²) in [5.74, 6) is -0.193. The van der Waals surface area contributed by atoms with Crippen molar-refractivity contribution < 1.29 is 28.4 Å². The van der Waals surface area contributed by atoms with Crippen LogP contribution in [0.15, 0.2) is 12.2 Å². The summed E-state index contributed by atoms with van der Waals surface area (Å²) in [6, 6.07) is -0.852. The molecule has 0 radical (unpaired) electrons. The monoisotopic (exact) mass is 689 g/mol. The zero-order chi connectivity index (χ0) is 34.7. The van der Waals surface area contributed by atoms with Gasteiger partial charge < -0.3 is 21.1 Å². The predicted molar refractivity (Wildman–Crippen MR) is 198 cm³/mol. The molecular weight excluding hydrogens is 611 g/mol. The van der Waals surface area contributed by atoms with Gasteiger partial charge in [-0.1, -0.05) is 180 Å². The molecule has 0 aromatic rings. The van der Waals surface area contributed by atoms with Gasteiger partial charge in [0, 0.05) is 13.0 Å². The number of hydrogen-bond acceptors (Lipinski definition) is 6. The van der Waals surface area contributed by atoms with Gasteiger partial charge in [-0.2, -0.15) is 0 Å². The largest absolute Gasteiger partial charge is 0.472 e. The molecule has 0 aromatic carbocycles. The molecule has 3 atom stereocenters. The Kier molecular flexibility index (Phi) is 34.5. The first-order chi connectivity index (χ1) is 22.9. The summed E-state index contributed by atoms with van der Waals surface area (Å²) in [6.07, 6.45) is 36.8. The predicted octanol–water partition coefficient (Wildman–Crippen LogP) is 10.4. The van der Waals surface area contributed by atoms with Gasteiger partial charge in [0.1, 0.15) is 0 Å². The van der Waals surface area contributed by atoms with Crippen LogP contribution in [0, 0.1) is 0 Å². The molecule has 47 heavy (non-hydrogen) atoms. The second-order valence-electron chi connectivity index (χ2n) is 13.5. The van der Waals surface area contributed by atoms with Gasteiger partial charge in [0.2, 0.25) is 5.91 Å². The first kappa shape index (κ1) is 46.2. The van der Waals surface area contributed by atoms with E-state index < -0.39 is 20.0 Å². The Balaban J connectivity index is 4.26. The smallest absolute Gasteiger partial charge is 0.387 e. The average Bonchev–Trinajstić information content (AvgIpc) is 3.05. The van der Waals surface area contributed by atoms with E-state index in [2.05, 4.69) is 19.2 Å². The average molecular weight is 689 g/mol. The zero-order valence-electron chi connectivity index (χ0n) is 30.8. The van der Waals surface area contributed by atoms with Crippen LogP contribution in [0.3, 0.4) is 0 Å². The molecule has 0 aliphatic heterocycles. The minimum absolute atomic E-state index is 0.0811. The van der Waals surface area contributed by atoms with Crippen LogP contribution < -0.4 is 11.1 Å². The summed E-state index contributed by atoms with van der Waals surface area (Å²) in [5.41, 5.74) is 5.36. The van der Waals surface area contributed by atoms with E-state index in [-0.39, 0.29) is 25.7 Å². The maximum absolute atomic E-state index is 12.7. The van der Waals surface area contributed by atoms with Crippen LogP contribution in [0.2, 0.25) is 0 Å². The Morgan fingerprint density at radius 3 is 1.51 bits per heavy atom. The lowest BCUT2D eigenvalue weighted by molar-refractivity contribution is -0.123. The maximum atomic E-state index is 12.7. The molecule has 0 rings (SSSR count). The van der Waals surface area contributed by atoms with Crippen molar-refractivity contribution in [2.24, 2.45) is 5.73 Å². The van der Waals surface area contributed by atoms with Crippen molar-refractivity contribution in [1.29, 1.82) is 0 Å². The van der Waals surface area contributed by atoms with E-state index >= 15 is 0 Å².